The van der Waals surface area contributed by atoms with Gasteiger partial charge in [0.25, 0.3) is 11.8 Å². The molecule has 2 aliphatic rings. The van der Waals surface area contributed by atoms with E-state index >= 15 is 0 Å². The monoisotopic (exact) mass is 567 g/mol. The van der Waals surface area contributed by atoms with Gasteiger partial charge in [0.05, 0.1) is 5.69 Å². The molecule has 4 rings (SSSR count). The lowest BCUT2D eigenvalue weighted by Crippen LogP contribution is -2.71. The number of aliphatic carboxylic acids is 1. The lowest BCUT2D eigenvalue weighted by molar-refractivity contribution is -0.150. The number of thiazole rings is 1. The standard InChI is InChI=1S/C20H21N7O5S4/c21-4-5-33-6-9-7-35-20(23-9)36-11-8-34-18-14(17(29)27(18)15(11)19(30)31)25-16(28)13(26-32)10-2-1-3-12(22)24-10/h1-3,7,14,18,32H,4-6,8,21H2,(H2,22,24)(H,25,28)(H,30,31)/b26-13-/t14-,18+/m1/s1. The van der Waals surface area contributed by atoms with Gasteiger partial charge in [-0.25, -0.2) is 14.8 Å². The smallest absolute Gasteiger partial charge is 0.353 e. The van der Waals surface area contributed by atoms with Crippen molar-refractivity contribution in [1.29, 1.82) is 0 Å². The third-order valence-electron chi connectivity index (χ3n) is 5.00. The van der Waals surface area contributed by atoms with E-state index in [1.807, 2.05) is 5.38 Å². The number of β-lactam (4-membered cyclic amide) rings is 1. The van der Waals surface area contributed by atoms with Crippen LogP contribution in [-0.4, -0.2) is 78.1 Å². The average molecular weight is 568 g/mol. The van der Waals surface area contributed by atoms with Gasteiger partial charge >= 0.3 is 5.97 Å². The van der Waals surface area contributed by atoms with Crippen LogP contribution in [-0.2, 0) is 20.1 Å². The number of thioether (sulfide) groups is 3. The Morgan fingerprint density at radius 2 is 2.14 bits per heavy atom. The van der Waals surface area contributed by atoms with Crippen molar-refractivity contribution in [1.82, 2.24) is 20.2 Å². The molecule has 0 spiro atoms. The zero-order valence-corrected chi connectivity index (χ0v) is 21.8. The Morgan fingerprint density at radius 1 is 1.33 bits per heavy atom. The minimum Gasteiger partial charge on any atom is -0.477 e. The predicted octanol–water partition coefficient (Wildman–Crippen LogP) is 0.979. The molecule has 2 aliphatic heterocycles. The second-order valence-corrected chi connectivity index (χ2v) is 11.8. The van der Waals surface area contributed by atoms with Gasteiger partial charge < -0.3 is 27.1 Å². The van der Waals surface area contributed by atoms with Crippen LogP contribution < -0.4 is 16.8 Å². The highest BCUT2D eigenvalue weighted by molar-refractivity contribution is 8.07. The number of nitrogens with one attached hydrogen (secondary N) is 1. The summed E-state index contributed by atoms with van der Waals surface area (Å²) in [6, 6.07) is 3.49. The molecule has 2 aromatic rings. The van der Waals surface area contributed by atoms with Crippen LogP contribution in [0.2, 0.25) is 0 Å². The van der Waals surface area contributed by atoms with Gasteiger partial charge in [0.1, 0.15) is 28.6 Å². The molecule has 0 bridgehead atoms. The zero-order chi connectivity index (χ0) is 25.8. The molecular formula is C20H21N7O5S4. The number of oxime groups is 1. The van der Waals surface area contributed by atoms with Crippen molar-refractivity contribution < 1.29 is 24.7 Å². The van der Waals surface area contributed by atoms with Crippen LogP contribution in [0.4, 0.5) is 5.82 Å². The summed E-state index contributed by atoms with van der Waals surface area (Å²) < 4.78 is 0.683. The van der Waals surface area contributed by atoms with Gasteiger partial charge in [-0.05, 0) is 12.1 Å². The molecule has 4 heterocycles. The van der Waals surface area contributed by atoms with E-state index < -0.39 is 34.9 Å². The molecule has 0 aromatic carbocycles. The highest BCUT2D eigenvalue weighted by atomic mass is 32.2. The number of aromatic nitrogens is 2. The second kappa shape index (κ2) is 11.5. The number of carbonyl (C=O) groups is 3. The fourth-order valence-corrected chi connectivity index (χ4v) is 7.69. The Labute approximate surface area is 222 Å². The molecule has 16 heteroatoms. The molecule has 0 radical (unpaired) electrons. The van der Waals surface area contributed by atoms with Crippen molar-refractivity contribution in [3.8, 4) is 0 Å². The Kier molecular flexibility index (Phi) is 8.40. The molecule has 2 amide bonds. The van der Waals surface area contributed by atoms with E-state index in [2.05, 4.69) is 20.4 Å². The number of fused-ring (bicyclic) bond motifs is 1. The first-order valence-corrected chi connectivity index (χ1v) is 14.3. The third kappa shape index (κ3) is 5.46. The first-order valence-electron chi connectivity index (χ1n) is 10.4. The van der Waals surface area contributed by atoms with E-state index in [4.69, 9.17) is 11.5 Å². The number of carbonyl (C=O) groups excluding carboxylic acids is 2. The summed E-state index contributed by atoms with van der Waals surface area (Å²) in [6.45, 7) is 0.584. The van der Waals surface area contributed by atoms with Gasteiger partial charge in [-0.2, -0.15) is 11.8 Å². The molecule has 0 unspecified atom stereocenters. The molecule has 190 valence electrons. The van der Waals surface area contributed by atoms with Gasteiger partial charge in [-0.3, -0.25) is 14.5 Å². The molecule has 1 fully saturated rings. The van der Waals surface area contributed by atoms with E-state index in [-0.39, 0.29) is 17.2 Å². The SMILES string of the molecule is NCCSCc1csc(SC2=C(C(=O)O)N3C(=O)[C@@H](NC(=O)/C(=N\O)c4cccc(N)n4)[C@@H]3SC2)n1. The van der Waals surface area contributed by atoms with Gasteiger partial charge in [0.2, 0.25) is 0 Å². The van der Waals surface area contributed by atoms with Crippen molar-refractivity contribution in [2.24, 2.45) is 10.9 Å². The number of pyridine rings is 1. The van der Waals surface area contributed by atoms with E-state index in [1.165, 1.54) is 58.0 Å². The summed E-state index contributed by atoms with van der Waals surface area (Å²) in [5.41, 5.74) is 11.5. The molecule has 2 aromatic heterocycles. The van der Waals surface area contributed by atoms with Gasteiger partial charge in [0, 0.05) is 34.1 Å². The summed E-state index contributed by atoms with van der Waals surface area (Å²) in [6.07, 6.45) is 0. The van der Waals surface area contributed by atoms with Crippen molar-refractivity contribution in [3.05, 3.63) is 45.6 Å². The number of nitrogens with zero attached hydrogens (tertiary/aromatic N) is 4. The van der Waals surface area contributed by atoms with E-state index in [9.17, 15) is 24.7 Å². The number of anilines is 1. The molecule has 1 saturated heterocycles. The highest BCUT2D eigenvalue weighted by Gasteiger charge is 2.54. The molecule has 7 N–H and O–H groups in total. The molecule has 36 heavy (non-hydrogen) atoms. The first kappa shape index (κ1) is 26.3. The maximum Gasteiger partial charge on any atom is 0.353 e. The van der Waals surface area contributed by atoms with Crippen molar-refractivity contribution in [2.75, 3.05) is 23.8 Å². The fraction of sp³-hybridized carbons (Fsp3) is 0.300. The Balaban J connectivity index is 1.47. The Morgan fingerprint density at radius 3 is 2.83 bits per heavy atom. The van der Waals surface area contributed by atoms with Crippen LogP contribution in [0.15, 0.2) is 43.7 Å². The summed E-state index contributed by atoms with van der Waals surface area (Å²) in [5.74, 6) is -0.669. The van der Waals surface area contributed by atoms with Gasteiger partial charge in [-0.1, -0.05) is 23.0 Å². The van der Waals surface area contributed by atoms with E-state index in [0.717, 1.165) is 11.4 Å². The summed E-state index contributed by atoms with van der Waals surface area (Å²) in [4.78, 5) is 47.9. The highest BCUT2D eigenvalue weighted by Crippen LogP contribution is 2.45. The topological polar surface area (TPSA) is 197 Å². The second-order valence-electron chi connectivity index (χ2n) is 7.38. The van der Waals surface area contributed by atoms with Crippen LogP contribution in [0.5, 0.6) is 0 Å². The van der Waals surface area contributed by atoms with Crippen molar-refractivity contribution in [3.63, 3.8) is 0 Å². The normalized spacial score (nSPS) is 19.6. The summed E-state index contributed by atoms with van der Waals surface area (Å²) >= 11 is 5.62. The average Bonchev–Trinajstić information content (AvgIpc) is 3.30. The van der Waals surface area contributed by atoms with Gasteiger partial charge in [-0.15, -0.1) is 23.1 Å². The number of hydrogen-bond donors (Lipinski definition) is 5. The van der Waals surface area contributed by atoms with Crippen LogP contribution in [0.3, 0.4) is 0 Å². The zero-order valence-electron chi connectivity index (χ0n) is 18.5. The quantitative estimate of drug-likeness (QED) is 0.0898. The minimum absolute atomic E-state index is 0.0315. The number of nitrogens with two attached hydrogens (primary N) is 2. The van der Waals surface area contributed by atoms with Crippen LogP contribution in [0.25, 0.3) is 0 Å². The van der Waals surface area contributed by atoms with Crippen LogP contribution >= 0.6 is 46.6 Å². The number of nitrogen functional groups attached to an aromatic ring is 1. The summed E-state index contributed by atoms with van der Waals surface area (Å²) in [5, 5.41) is 26.0. The fourth-order valence-electron chi connectivity index (χ4n) is 3.44. The van der Waals surface area contributed by atoms with E-state index in [1.54, 1.807) is 11.8 Å². The number of carboxylic acid groups (broad SMARTS) is 1. The molecule has 0 saturated carbocycles. The molecule has 12 nitrogen and oxygen atoms in total. The molecule has 0 aliphatic carbocycles. The van der Waals surface area contributed by atoms with Crippen LogP contribution in [0, 0.1) is 0 Å². The van der Waals surface area contributed by atoms with Crippen molar-refractivity contribution >= 4 is 75.9 Å². The summed E-state index contributed by atoms with van der Waals surface area (Å²) in [7, 11) is 0. The number of amides is 2. The third-order valence-corrected chi connectivity index (χ3v) is 9.56. The first-order chi connectivity index (χ1) is 17.3. The maximum absolute atomic E-state index is 12.9. The number of carboxylic acids is 1. The molecular weight excluding hydrogens is 547 g/mol. The number of rotatable bonds is 10. The maximum atomic E-state index is 12.9. The lowest BCUT2D eigenvalue weighted by atomic mass is 10.0. The number of hydrogen-bond acceptors (Lipinski definition) is 13. The predicted molar refractivity (Wildman–Crippen MR) is 140 cm³/mol. The Hall–Kier alpha value is -2.79. The minimum atomic E-state index is -1.24. The lowest BCUT2D eigenvalue weighted by Gasteiger charge is -2.49. The van der Waals surface area contributed by atoms with E-state index in [0.29, 0.717) is 27.3 Å². The molecule has 2 atom stereocenters. The van der Waals surface area contributed by atoms with Crippen LogP contribution in [0.1, 0.15) is 11.4 Å². The Bertz CT molecular complexity index is 1250. The van der Waals surface area contributed by atoms with Gasteiger partial charge in [0.15, 0.2) is 10.1 Å². The van der Waals surface area contributed by atoms with Crippen molar-refractivity contribution in [2.45, 2.75) is 21.5 Å². The largest absolute Gasteiger partial charge is 0.477 e.